The molecule has 0 spiro atoms. The molecule has 0 fully saturated rings. The van der Waals surface area contributed by atoms with Gasteiger partial charge in [0, 0.05) is 21.9 Å². The number of non-ortho nitro benzene ring substituents is 1. The van der Waals surface area contributed by atoms with Gasteiger partial charge in [-0.25, -0.2) is 0 Å². The van der Waals surface area contributed by atoms with Crippen LogP contribution in [0.2, 0.25) is 0 Å². The molecule has 3 rings (SSSR count). The van der Waals surface area contributed by atoms with Gasteiger partial charge in [-0.1, -0.05) is 36.0 Å². The molecule has 136 valence electrons. The van der Waals surface area contributed by atoms with E-state index in [1.165, 1.54) is 30.8 Å². The van der Waals surface area contributed by atoms with Crippen LogP contribution in [0, 0.1) is 10.1 Å². The molecular weight excluding hydrogens is 362 g/mol. The van der Waals surface area contributed by atoms with E-state index in [9.17, 15) is 14.9 Å². The van der Waals surface area contributed by atoms with Crippen LogP contribution >= 0.6 is 11.8 Å². The molecule has 0 saturated heterocycles. The fourth-order valence-corrected chi connectivity index (χ4v) is 3.29. The number of hydrogen-bond acceptors (Lipinski definition) is 5. The molecule has 6 heteroatoms. The standard InChI is InChI=1S/C21H17NO4S/c1-15(23)20-4-2-3-5-21(20)26-14-16-6-10-18(11-7-16)27-19-12-8-17(9-13-19)22(24)25/h2-13H,14H2,1H3. The summed E-state index contributed by atoms with van der Waals surface area (Å²) in [7, 11) is 0. The Morgan fingerprint density at radius 2 is 1.56 bits per heavy atom. The summed E-state index contributed by atoms with van der Waals surface area (Å²) in [6.45, 7) is 1.89. The molecule has 0 N–H and O–H groups in total. The lowest BCUT2D eigenvalue weighted by Crippen LogP contribution is -2.01. The van der Waals surface area contributed by atoms with E-state index >= 15 is 0 Å². The van der Waals surface area contributed by atoms with Gasteiger partial charge in [0.05, 0.1) is 10.5 Å². The monoisotopic (exact) mass is 379 g/mol. The highest BCUT2D eigenvalue weighted by Crippen LogP contribution is 2.29. The molecule has 0 heterocycles. The summed E-state index contributed by atoms with van der Waals surface area (Å²) in [6.07, 6.45) is 0. The number of carbonyl (C=O) groups is 1. The second-order valence-electron chi connectivity index (χ2n) is 5.84. The van der Waals surface area contributed by atoms with Crippen LogP contribution < -0.4 is 4.74 Å². The van der Waals surface area contributed by atoms with Gasteiger partial charge in [-0.05, 0) is 48.9 Å². The van der Waals surface area contributed by atoms with Gasteiger partial charge in [-0.15, -0.1) is 0 Å². The lowest BCUT2D eigenvalue weighted by atomic mass is 10.1. The molecule has 0 aliphatic carbocycles. The highest BCUT2D eigenvalue weighted by molar-refractivity contribution is 7.99. The maximum atomic E-state index is 11.6. The number of nitro groups is 1. The molecule has 3 aromatic carbocycles. The molecule has 0 atom stereocenters. The van der Waals surface area contributed by atoms with Gasteiger partial charge < -0.3 is 4.74 Å². The van der Waals surface area contributed by atoms with Crippen LogP contribution in [-0.4, -0.2) is 10.7 Å². The highest BCUT2D eigenvalue weighted by atomic mass is 32.2. The van der Waals surface area contributed by atoms with Crippen LogP contribution in [0.15, 0.2) is 82.6 Å². The van der Waals surface area contributed by atoms with Gasteiger partial charge in [0.15, 0.2) is 5.78 Å². The first-order chi connectivity index (χ1) is 13.0. The maximum Gasteiger partial charge on any atom is 0.269 e. The van der Waals surface area contributed by atoms with Crippen molar-refractivity contribution in [1.29, 1.82) is 0 Å². The van der Waals surface area contributed by atoms with E-state index < -0.39 is 4.92 Å². The molecule has 0 saturated carbocycles. The number of nitro benzene ring substituents is 1. The molecule has 0 radical (unpaired) electrons. The zero-order valence-electron chi connectivity index (χ0n) is 14.6. The maximum absolute atomic E-state index is 11.6. The Hall–Kier alpha value is -3.12. The lowest BCUT2D eigenvalue weighted by Gasteiger charge is -2.10. The van der Waals surface area contributed by atoms with Crippen LogP contribution in [0.3, 0.4) is 0 Å². The van der Waals surface area contributed by atoms with Crippen molar-refractivity contribution in [3.63, 3.8) is 0 Å². The molecule has 0 amide bonds. The number of carbonyl (C=O) groups excluding carboxylic acids is 1. The summed E-state index contributed by atoms with van der Waals surface area (Å²) < 4.78 is 5.79. The molecular formula is C21H17NO4S. The second kappa shape index (κ2) is 8.51. The molecule has 0 unspecified atom stereocenters. The minimum absolute atomic E-state index is 0.0274. The van der Waals surface area contributed by atoms with Gasteiger partial charge in [0.1, 0.15) is 12.4 Å². The molecule has 0 bridgehead atoms. The first-order valence-electron chi connectivity index (χ1n) is 8.27. The van der Waals surface area contributed by atoms with E-state index in [0.717, 1.165) is 15.4 Å². The molecule has 0 aromatic heterocycles. The van der Waals surface area contributed by atoms with E-state index in [4.69, 9.17) is 4.74 Å². The van der Waals surface area contributed by atoms with Gasteiger partial charge in [0.25, 0.3) is 5.69 Å². The van der Waals surface area contributed by atoms with E-state index in [2.05, 4.69) is 0 Å². The van der Waals surface area contributed by atoms with Crippen molar-refractivity contribution in [2.75, 3.05) is 0 Å². The van der Waals surface area contributed by atoms with E-state index in [1.54, 1.807) is 24.3 Å². The number of benzene rings is 3. The van der Waals surface area contributed by atoms with Crippen molar-refractivity contribution in [1.82, 2.24) is 0 Å². The Balaban J connectivity index is 1.62. The fraction of sp³-hybridized carbons (Fsp3) is 0.0952. The Morgan fingerprint density at radius 1 is 0.963 bits per heavy atom. The largest absolute Gasteiger partial charge is 0.488 e. The number of Topliss-reactive ketones (excluding diaryl/α,β-unsaturated/α-hetero) is 1. The van der Waals surface area contributed by atoms with E-state index in [0.29, 0.717) is 17.9 Å². The summed E-state index contributed by atoms with van der Waals surface area (Å²) in [6, 6.07) is 21.5. The van der Waals surface area contributed by atoms with Gasteiger partial charge in [-0.3, -0.25) is 14.9 Å². The average molecular weight is 379 g/mol. The van der Waals surface area contributed by atoms with Crippen LogP contribution in [0.25, 0.3) is 0 Å². The van der Waals surface area contributed by atoms with Crippen LogP contribution in [0.1, 0.15) is 22.8 Å². The summed E-state index contributed by atoms with van der Waals surface area (Å²) >= 11 is 1.53. The van der Waals surface area contributed by atoms with Gasteiger partial charge in [-0.2, -0.15) is 0 Å². The summed E-state index contributed by atoms with van der Waals surface area (Å²) in [5.74, 6) is 0.551. The highest BCUT2D eigenvalue weighted by Gasteiger charge is 2.08. The molecule has 3 aromatic rings. The van der Waals surface area contributed by atoms with Crippen molar-refractivity contribution in [2.24, 2.45) is 0 Å². The Kier molecular flexibility index (Phi) is 5.88. The summed E-state index contributed by atoms with van der Waals surface area (Å²) in [4.78, 5) is 23.9. The van der Waals surface area contributed by atoms with Crippen LogP contribution in [-0.2, 0) is 6.61 Å². The number of para-hydroxylation sites is 1. The zero-order valence-corrected chi connectivity index (χ0v) is 15.4. The Labute approximate surface area is 161 Å². The first kappa shape index (κ1) is 18.7. The van der Waals surface area contributed by atoms with E-state index in [1.807, 2.05) is 36.4 Å². The minimum Gasteiger partial charge on any atom is -0.488 e. The van der Waals surface area contributed by atoms with Gasteiger partial charge >= 0.3 is 0 Å². The van der Waals surface area contributed by atoms with Crippen molar-refractivity contribution in [2.45, 2.75) is 23.3 Å². The normalized spacial score (nSPS) is 10.4. The summed E-state index contributed by atoms with van der Waals surface area (Å²) in [5, 5.41) is 10.7. The van der Waals surface area contributed by atoms with Crippen LogP contribution in [0.5, 0.6) is 5.75 Å². The summed E-state index contributed by atoms with van der Waals surface area (Å²) in [5.41, 5.74) is 1.64. The number of hydrogen-bond donors (Lipinski definition) is 0. The van der Waals surface area contributed by atoms with Crippen molar-refractivity contribution >= 4 is 23.2 Å². The topological polar surface area (TPSA) is 69.4 Å². The number of rotatable bonds is 7. The Bertz CT molecular complexity index is 953. The zero-order chi connectivity index (χ0) is 19.2. The van der Waals surface area contributed by atoms with Gasteiger partial charge in [0.2, 0.25) is 0 Å². The average Bonchev–Trinajstić information content (AvgIpc) is 2.68. The third kappa shape index (κ3) is 4.95. The SMILES string of the molecule is CC(=O)c1ccccc1OCc1ccc(Sc2ccc([N+](=O)[O-])cc2)cc1. The Morgan fingerprint density at radius 3 is 2.15 bits per heavy atom. The molecule has 5 nitrogen and oxygen atoms in total. The molecule has 0 aliphatic heterocycles. The third-order valence-electron chi connectivity index (χ3n) is 3.87. The lowest BCUT2D eigenvalue weighted by molar-refractivity contribution is -0.384. The predicted octanol–water partition coefficient (Wildman–Crippen LogP) is 5.53. The van der Waals surface area contributed by atoms with Crippen molar-refractivity contribution in [3.05, 3.63) is 94.0 Å². The molecule has 0 aliphatic rings. The second-order valence-corrected chi connectivity index (χ2v) is 6.98. The number of ether oxygens (including phenoxy) is 1. The third-order valence-corrected chi connectivity index (χ3v) is 4.88. The van der Waals surface area contributed by atoms with Crippen molar-refractivity contribution in [3.8, 4) is 5.75 Å². The first-order valence-corrected chi connectivity index (χ1v) is 9.08. The smallest absolute Gasteiger partial charge is 0.269 e. The number of ketones is 1. The fourth-order valence-electron chi connectivity index (χ4n) is 2.47. The van der Waals surface area contributed by atoms with Crippen LogP contribution in [0.4, 0.5) is 5.69 Å². The number of nitrogens with zero attached hydrogens (tertiary/aromatic N) is 1. The quantitative estimate of drug-likeness (QED) is 0.307. The van der Waals surface area contributed by atoms with Crippen molar-refractivity contribution < 1.29 is 14.5 Å². The molecule has 27 heavy (non-hydrogen) atoms. The minimum atomic E-state index is -0.409. The van der Waals surface area contributed by atoms with E-state index in [-0.39, 0.29) is 11.5 Å². The predicted molar refractivity (Wildman–Crippen MR) is 104 cm³/mol.